The normalized spacial score (nSPS) is 13.2. The minimum atomic E-state index is -0.224. The van der Waals surface area contributed by atoms with Crippen molar-refractivity contribution in [2.75, 3.05) is 0 Å². The van der Waals surface area contributed by atoms with Gasteiger partial charge in [0.2, 0.25) is 0 Å². The van der Waals surface area contributed by atoms with Gasteiger partial charge < -0.3 is 0 Å². The zero-order valence-electron chi connectivity index (χ0n) is 10.8. The fourth-order valence-electron chi connectivity index (χ4n) is 2.78. The van der Waals surface area contributed by atoms with Gasteiger partial charge in [0.05, 0.1) is 21.7 Å². The average Bonchev–Trinajstić information content (AvgIpc) is 2.51. The van der Waals surface area contributed by atoms with Crippen LogP contribution in [-0.4, -0.2) is 16.6 Å². The maximum atomic E-state index is 12.8. The number of aromatic nitrogens is 1. The number of fused-ring (bicyclic) bond motifs is 4. The second kappa shape index (κ2) is 4.24. The number of hydrogen-bond donors (Lipinski definition) is 0. The Morgan fingerprint density at radius 2 is 1.52 bits per heavy atom. The largest absolute Gasteiger partial charge is 0.289 e. The van der Waals surface area contributed by atoms with Crippen molar-refractivity contribution in [3.05, 3.63) is 75.9 Å². The van der Waals surface area contributed by atoms with E-state index in [1.54, 1.807) is 42.6 Å². The highest BCUT2D eigenvalue weighted by Gasteiger charge is 2.33. The lowest BCUT2D eigenvalue weighted by Gasteiger charge is -2.19. The highest BCUT2D eigenvalue weighted by atomic mass is 35.5. The minimum absolute atomic E-state index is 0.202. The zero-order valence-corrected chi connectivity index (χ0v) is 11.5. The van der Waals surface area contributed by atoms with Crippen LogP contribution in [0.3, 0.4) is 0 Å². The molecule has 1 aliphatic rings. The Balaban J connectivity index is 2.18. The van der Waals surface area contributed by atoms with Crippen LogP contribution < -0.4 is 0 Å². The van der Waals surface area contributed by atoms with Gasteiger partial charge in [-0.25, -0.2) is 0 Å². The van der Waals surface area contributed by atoms with Crippen LogP contribution >= 0.6 is 11.6 Å². The summed E-state index contributed by atoms with van der Waals surface area (Å²) in [5.41, 5.74) is 1.88. The van der Waals surface area contributed by atoms with Gasteiger partial charge in [0.1, 0.15) is 0 Å². The number of ketones is 2. The first-order valence-corrected chi connectivity index (χ1v) is 6.82. The first kappa shape index (κ1) is 12.2. The van der Waals surface area contributed by atoms with Gasteiger partial charge in [0.15, 0.2) is 11.6 Å². The molecular formula is C17H8ClNO2. The molecule has 0 atom stereocenters. The molecule has 1 aliphatic carbocycles. The Morgan fingerprint density at radius 3 is 2.24 bits per heavy atom. The van der Waals surface area contributed by atoms with Crippen molar-refractivity contribution in [2.24, 2.45) is 0 Å². The first-order chi connectivity index (χ1) is 10.2. The average molecular weight is 294 g/mol. The van der Waals surface area contributed by atoms with E-state index in [9.17, 15) is 9.59 Å². The van der Waals surface area contributed by atoms with Crippen LogP contribution in [0.5, 0.6) is 0 Å². The van der Waals surface area contributed by atoms with E-state index >= 15 is 0 Å². The van der Waals surface area contributed by atoms with Crippen LogP contribution in [0.2, 0.25) is 5.02 Å². The summed E-state index contributed by atoms with van der Waals surface area (Å²) in [6, 6.07) is 12.1. The Bertz CT molecular complexity index is 947. The summed E-state index contributed by atoms with van der Waals surface area (Å²) >= 11 is 6.25. The van der Waals surface area contributed by atoms with E-state index in [0.29, 0.717) is 27.2 Å². The highest BCUT2D eigenvalue weighted by Crippen LogP contribution is 2.35. The minimum Gasteiger partial charge on any atom is -0.289 e. The SMILES string of the molecule is O=C1c2ccccc2C(=O)c2c1c(Cl)cc1cccnc21. The van der Waals surface area contributed by atoms with E-state index in [0.717, 1.165) is 5.39 Å². The summed E-state index contributed by atoms with van der Waals surface area (Å²) in [7, 11) is 0. The van der Waals surface area contributed by atoms with Crippen LogP contribution in [0.1, 0.15) is 31.8 Å². The molecule has 2 aromatic carbocycles. The lowest BCUT2D eigenvalue weighted by Crippen LogP contribution is -2.22. The van der Waals surface area contributed by atoms with Gasteiger partial charge in [-0.15, -0.1) is 0 Å². The topological polar surface area (TPSA) is 47.0 Å². The van der Waals surface area contributed by atoms with Gasteiger partial charge in [-0.05, 0) is 12.1 Å². The molecule has 4 heteroatoms. The van der Waals surface area contributed by atoms with Gasteiger partial charge >= 0.3 is 0 Å². The molecule has 0 saturated heterocycles. The molecule has 0 unspecified atom stereocenters. The monoisotopic (exact) mass is 293 g/mol. The molecule has 0 amide bonds. The molecule has 4 rings (SSSR count). The quantitative estimate of drug-likeness (QED) is 0.497. The molecule has 0 fully saturated rings. The number of benzene rings is 2. The van der Waals surface area contributed by atoms with Gasteiger partial charge in [-0.1, -0.05) is 41.9 Å². The van der Waals surface area contributed by atoms with E-state index < -0.39 is 0 Å². The van der Waals surface area contributed by atoms with Crippen LogP contribution in [-0.2, 0) is 0 Å². The predicted octanol–water partition coefficient (Wildman–Crippen LogP) is 3.66. The molecule has 0 bridgehead atoms. The Labute approximate surface area is 125 Å². The van der Waals surface area contributed by atoms with Crippen molar-refractivity contribution in [1.29, 1.82) is 0 Å². The van der Waals surface area contributed by atoms with Crippen LogP contribution in [0.4, 0.5) is 0 Å². The summed E-state index contributed by atoms with van der Waals surface area (Å²) < 4.78 is 0. The van der Waals surface area contributed by atoms with Gasteiger partial charge in [0, 0.05) is 22.7 Å². The molecule has 0 spiro atoms. The Morgan fingerprint density at radius 1 is 0.857 bits per heavy atom. The second-order valence-corrected chi connectivity index (χ2v) is 5.29. The zero-order chi connectivity index (χ0) is 14.6. The molecule has 21 heavy (non-hydrogen) atoms. The summed E-state index contributed by atoms with van der Waals surface area (Å²) in [6.45, 7) is 0. The standard InChI is InChI=1S/C17H8ClNO2/c18-12-8-9-4-3-7-19-15(9)14-13(12)16(20)10-5-1-2-6-11(10)17(14)21/h1-8H. The fourth-order valence-corrected chi connectivity index (χ4v) is 3.08. The molecule has 0 aliphatic heterocycles. The molecule has 100 valence electrons. The van der Waals surface area contributed by atoms with E-state index in [4.69, 9.17) is 11.6 Å². The van der Waals surface area contributed by atoms with Crippen molar-refractivity contribution in [1.82, 2.24) is 4.98 Å². The number of carbonyl (C=O) groups is 2. The predicted molar refractivity (Wildman–Crippen MR) is 80.1 cm³/mol. The van der Waals surface area contributed by atoms with Crippen molar-refractivity contribution < 1.29 is 9.59 Å². The van der Waals surface area contributed by atoms with Crippen LogP contribution in [0.25, 0.3) is 10.9 Å². The number of pyridine rings is 1. The summed E-state index contributed by atoms with van der Waals surface area (Å²) in [5, 5.41) is 1.04. The number of halogens is 1. The maximum Gasteiger partial charge on any atom is 0.196 e. The number of rotatable bonds is 0. The Hall–Kier alpha value is -2.52. The smallest absolute Gasteiger partial charge is 0.196 e. The van der Waals surface area contributed by atoms with Gasteiger partial charge in [-0.3, -0.25) is 14.6 Å². The fraction of sp³-hybridized carbons (Fsp3) is 0. The van der Waals surface area contributed by atoms with Crippen LogP contribution in [0.15, 0.2) is 48.7 Å². The molecule has 3 aromatic rings. The second-order valence-electron chi connectivity index (χ2n) is 4.89. The summed E-state index contributed by atoms with van der Waals surface area (Å²) in [4.78, 5) is 29.7. The van der Waals surface area contributed by atoms with Crippen molar-refractivity contribution in [3.8, 4) is 0 Å². The van der Waals surface area contributed by atoms with E-state index in [-0.39, 0.29) is 17.1 Å². The van der Waals surface area contributed by atoms with E-state index in [1.165, 1.54) is 0 Å². The summed E-state index contributed by atoms with van der Waals surface area (Å²) in [6.07, 6.45) is 1.61. The van der Waals surface area contributed by atoms with Crippen molar-refractivity contribution in [2.45, 2.75) is 0 Å². The highest BCUT2D eigenvalue weighted by molar-refractivity contribution is 6.41. The number of carbonyl (C=O) groups excluding carboxylic acids is 2. The van der Waals surface area contributed by atoms with Crippen LogP contribution in [0, 0.1) is 0 Å². The van der Waals surface area contributed by atoms with E-state index in [1.807, 2.05) is 6.07 Å². The molecule has 0 saturated carbocycles. The summed E-state index contributed by atoms with van der Waals surface area (Å²) in [5.74, 6) is -0.427. The third-order valence-corrected chi connectivity index (χ3v) is 4.02. The van der Waals surface area contributed by atoms with E-state index in [2.05, 4.69) is 4.98 Å². The molecular weight excluding hydrogens is 286 g/mol. The lowest BCUT2D eigenvalue weighted by atomic mass is 9.83. The third kappa shape index (κ3) is 1.58. The lowest BCUT2D eigenvalue weighted by molar-refractivity contribution is 0.0980. The molecule has 1 aromatic heterocycles. The molecule has 0 N–H and O–H groups in total. The van der Waals surface area contributed by atoms with Gasteiger partial charge in [-0.2, -0.15) is 0 Å². The number of hydrogen-bond acceptors (Lipinski definition) is 3. The maximum absolute atomic E-state index is 12.8. The van der Waals surface area contributed by atoms with Gasteiger partial charge in [0.25, 0.3) is 0 Å². The first-order valence-electron chi connectivity index (χ1n) is 6.44. The Kier molecular flexibility index (Phi) is 2.47. The third-order valence-electron chi connectivity index (χ3n) is 3.72. The molecule has 3 nitrogen and oxygen atoms in total. The van der Waals surface area contributed by atoms with Crippen molar-refractivity contribution >= 4 is 34.1 Å². The number of nitrogens with zero attached hydrogens (tertiary/aromatic N) is 1. The molecule has 0 radical (unpaired) electrons. The van der Waals surface area contributed by atoms with Crippen molar-refractivity contribution in [3.63, 3.8) is 0 Å². The molecule has 1 heterocycles.